The largest absolute Gasteiger partial charge is 0.310 e. The van der Waals surface area contributed by atoms with E-state index in [-0.39, 0.29) is 16.2 Å². The number of rotatable bonds is 5. The molecule has 0 heterocycles. The van der Waals surface area contributed by atoms with Gasteiger partial charge in [-0.2, -0.15) is 0 Å². The molecular weight excluding hydrogens is 831 g/mol. The van der Waals surface area contributed by atoms with Crippen LogP contribution >= 0.6 is 0 Å². The summed E-state index contributed by atoms with van der Waals surface area (Å²) in [7, 11) is 0. The lowest BCUT2D eigenvalue weighted by atomic mass is 9.69. The summed E-state index contributed by atoms with van der Waals surface area (Å²) in [5, 5.41) is 0. The Bertz CT molecular complexity index is 3850. The summed E-state index contributed by atoms with van der Waals surface area (Å²) in [6, 6.07) is 76.1. The number of hydrogen-bond acceptors (Lipinski definition) is 1. The van der Waals surface area contributed by atoms with E-state index in [9.17, 15) is 0 Å². The third kappa shape index (κ3) is 5.05. The number of para-hydroxylation sites is 1. The van der Waals surface area contributed by atoms with E-state index in [1.807, 2.05) is 0 Å². The molecule has 0 radical (unpaired) electrons. The van der Waals surface area contributed by atoms with Crippen molar-refractivity contribution < 1.29 is 0 Å². The minimum atomic E-state index is -0.332. The van der Waals surface area contributed by atoms with Crippen LogP contribution in [0.15, 0.2) is 230 Å². The van der Waals surface area contributed by atoms with Gasteiger partial charge in [0.1, 0.15) is 0 Å². The van der Waals surface area contributed by atoms with Crippen molar-refractivity contribution in [2.24, 2.45) is 5.92 Å². The number of allylic oxidation sites excluding steroid dienone is 6. The quantitative estimate of drug-likeness (QED) is 0.166. The van der Waals surface area contributed by atoms with Gasteiger partial charge in [-0.1, -0.05) is 210 Å². The van der Waals surface area contributed by atoms with Gasteiger partial charge >= 0.3 is 0 Å². The van der Waals surface area contributed by atoms with Gasteiger partial charge in [0.05, 0.1) is 11.1 Å². The number of nitrogens with zero attached hydrogens (tertiary/aromatic N) is 1. The molecule has 1 spiro atoms. The van der Waals surface area contributed by atoms with Crippen molar-refractivity contribution in [3.63, 3.8) is 0 Å². The van der Waals surface area contributed by atoms with E-state index in [2.05, 4.69) is 251 Å². The van der Waals surface area contributed by atoms with Crippen LogP contribution < -0.4 is 4.90 Å². The fraction of sp³-hybridized carbons (Fsp3) is 0.118. The van der Waals surface area contributed by atoms with Gasteiger partial charge in [-0.25, -0.2) is 0 Å². The van der Waals surface area contributed by atoms with Crippen molar-refractivity contribution in [2.75, 3.05) is 4.90 Å². The lowest BCUT2D eigenvalue weighted by molar-refractivity contribution is 0.660. The first-order valence-electron chi connectivity index (χ1n) is 24.7. The molecule has 326 valence electrons. The van der Waals surface area contributed by atoms with Crippen molar-refractivity contribution in [3.05, 3.63) is 274 Å². The molecule has 2 atom stereocenters. The Kier molecular flexibility index (Phi) is 7.69. The third-order valence-corrected chi connectivity index (χ3v) is 17.0. The Morgan fingerprint density at radius 1 is 0.377 bits per heavy atom. The second-order valence-corrected chi connectivity index (χ2v) is 21.1. The van der Waals surface area contributed by atoms with Gasteiger partial charge < -0.3 is 4.90 Å². The average molecular weight is 880 g/mol. The molecule has 0 fully saturated rings. The molecule has 0 bridgehead atoms. The summed E-state index contributed by atoms with van der Waals surface area (Å²) in [6.07, 6.45) is 7.29. The monoisotopic (exact) mass is 879 g/mol. The summed E-state index contributed by atoms with van der Waals surface area (Å²) < 4.78 is 0. The smallest absolute Gasteiger partial charge is 0.0725 e. The number of hydrogen-bond donors (Lipinski definition) is 0. The summed E-state index contributed by atoms with van der Waals surface area (Å²) in [4.78, 5) is 2.51. The zero-order chi connectivity index (χ0) is 46.0. The maximum atomic E-state index is 2.51. The van der Waals surface area contributed by atoms with Crippen molar-refractivity contribution >= 4 is 22.6 Å². The van der Waals surface area contributed by atoms with Crippen LogP contribution in [0.1, 0.15) is 72.2 Å². The minimum Gasteiger partial charge on any atom is -0.310 e. The van der Waals surface area contributed by atoms with Crippen LogP contribution in [-0.2, 0) is 16.2 Å². The highest BCUT2D eigenvalue weighted by Gasteiger charge is 2.54. The standard InChI is InChI=1S/C68H49N/c1-66(2)56-23-11-7-19-51(56)64-50(21-15-26-60(64)66)49-18-9-14-27-63(49)69(45-34-35-48-46-16-5-10-22-55(46)67(3,4)62(48)40-45)44-32-28-41(29-33-44)42-30-36-59-54(38-42)47-17-6-12-24-57(47)68(59)58-25-13-8-20-52(58)65-53-39-43(53)31-37-61(65)68/h5-40,43H,1-4H3/t43-,68?/m0/s1. The van der Waals surface area contributed by atoms with Crippen molar-refractivity contribution in [3.8, 4) is 55.6 Å². The second-order valence-electron chi connectivity index (χ2n) is 21.1. The lowest BCUT2D eigenvalue weighted by Crippen LogP contribution is -2.27. The third-order valence-electron chi connectivity index (χ3n) is 17.0. The average Bonchev–Trinajstić information content (AvgIpc) is 3.91. The Labute approximate surface area is 405 Å². The molecule has 69 heavy (non-hydrogen) atoms. The van der Waals surface area contributed by atoms with Crippen molar-refractivity contribution in [1.82, 2.24) is 0 Å². The molecule has 9 aromatic carbocycles. The summed E-state index contributed by atoms with van der Waals surface area (Å²) in [5.74, 6) is 0.480. The van der Waals surface area contributed by atoms with Crippen LogP contribution in [-0.4, -0.2) is 0 Å². The van der Waals surface area contributed by atoms with Crippen LogP contribution in [0.4, 0.5) is 17.1 Å². The van der Waals surface area contributed by atoms with Crippen LogP contribution in [0.5, 0.6) is 0 Å². The lowest BCUT2D eigenvalue weighted by Gasteiger charge is -2.32. The number of anilines is 3. The Balaban J connectivity index is 0.888. The highest BCUT2D eigenvalue weighted by molar-refractivity contribution is 6.04. The van der Waals surface area contributed by atoms with E-state index in [1.165, 1.54) is 117 Å². The van der Waals surface area contributed by atoms with Gasteiger partial charge in [0, 0.05) is 33.7 Å². The first-order valence-corrected chi connectivity index (χ1v) is 24.7. The predicted octanol–water partition coefficient (Wildman–Crippen LogP) is 17.3. The van der Waals surface area contributed by atoms with Crippen LogP contribution in [0.3, 0.4) is 0 Å². The maximum Gasteiger partial charge on any atom is 0.0725 e. The fourth-order valence-electron chi connectivity index (χ4n) is 13.8. The molecule has 0 saturated heterocycles. The van der Waals surface area contributed by atoms with Crippen molar-refractivity contribution in [2.45, 2.75) is 43.9 Å². The molecule has 0 aromatic heterocycles. The minimum absolute atomic E-state index is 0.0972. The Morgan fingerprint density at radius 2 is 0.913 bits per heavy atom. The molecule has 9 aromatic rings. The first-order chi connectivity index (χ1) is 33.7. The molecule has 15 rings (SSSR count). The zero-order valence-corrected chi connectivity index (χ0v) is 39.3. The van der Waals surface area contributed by atoms with Gasteiger partial charge in [0.15, 0.2) is 0 Å². The zero-order valence-electron chi connectivity index (χ0n) is 39.3. The SMILES string of the molecule is CC1(C)c2ccccc2-c2ccc(N(c3ccc(-c4ccc5c(c4)-c4ccccc4C54C5=C(C6=C[C@@H]6C=C5)c5ccccc54)cc3)c3ccccc3-c3cccc4c3-c3ccccc3C4(C)C)cc21. The van der Waals surface area contributed by atoms with Gasteiger partial charge in [-0.3, -0.25) is 0 Å². The molecule has 1 unspecified atom stereocenters. The number of fused-ring (bicyclic) bond motifs is 17. The molecule has 0 N–H and O–H groups in total. The summed E-state index contributed by atoms with van der Waals surface area (Å²) in [5.41, 5.74) is 31.2. The highest BCUT2D eigenvalue weighted by Crippen LogP contribution is 2.66. The van der Waals surface area contributed by atoms with Gasteiger partial charge in [0.2, 0.25) is 0 Å². The number of benzene rings is 9. The first kappa shape index (κ1) is 39.0. The molecule has 6 aliphatic carbocycles. The molecule has 0 aliphatic heterocycles. The molecule has 6 aliphatic rings. The van der Waals surface area contributed by atoms with Crippen LogP contribution in [0, 0.1) is 5.92 Å². The maximum absolute atomic E-state index is 2.51. The Hall–Kier alpha value is -8.00. The van der Waals surface area contributed by atoms with Gasteiger partial charge in [-0.15, -0.1) is 0 Å². The van der Waals surface area contributed by atoms with E-state index in [0.717, 1.165) is 17.1 Å². The van der Waals surface area contributed by atoms with E-state index < -0.39 is 0 Å². The Morgan fingerprint density at radius 3 is 1.68 bits per heavy atom. The van der Waals surface area contributed by atoms with E-state index in [4.69, 9.17) is 0 Å². The van der Waals surface area contributed by atoms with E-state index >= 15 is 0 Å². The molecule has 1 heteroatoms. The summed E-state index contributed by atoms with van der Waals surface area (Å²) in [6.45, 7) is 9.51. The van der Waals surface area contributed by atoms with E-state index in [0.29, 0.717) is 5.92 Å². The second kappa shape index (κ2) is 13.6. The van der Waals surface area contributed by atoms with Gasteiger partial charge in [0.25, 0.3) is 0 Å². The van der Waals surface area contributed by atoms with E-state index in [1.54, 1.807) is 0 Å². The molecule has 0 saturated carbocycles. The predicted molar refractivity (Wildman–Crippen MR) is 287 cm³/mol. The summed E-state index contributed by atoms with van der Waals surface area (Å²) >= 11 is 0. The normalized spacial score (nSPS) is 19.1. The van der Waals surface area contributed by atoms with Gasteiger partial charge in [-0.05, 0) is 148 Å². The van der Waals surface area contributed by atoms with Crippen molar-refractivity contribution in [1.29, 1.82) is 0 Å². The molecule has 0 amide bonds. The molecular formula is C68H49N. The van der Waals surface area contributed by atoms with Crippen LogP contribution in [0.25, 0.3) is 61.2 Å². The highest BCUT2D eigenvalue weighted by atomic mass is 15.1. The molecule has 1 nitrogen and oxygen atoms in total. The van der Waals surface area contributed by atoms with Crippen LogP contribution in [0.2, 0.25) is 0 Å². The topological polar surface area (TPSA) is 3.24 Å². The fourth-order valence-corrected chi connectivity index (χ4v) is 13.8.